The van der Waals surface area contributed by atoms with Gasteiger partial charge in [0, 0.05) is 18.8 Å². The third-order valence-electron chi connectivity index (χ3n) is 4.62. The van der Waals surface area contributed by atoms with Crippen molar-refractivity contribution in [2.45, 2.75) is 46.1 Å². The monoisotopic (exact) mass is 290 g/mol. The van der Waals surface area contributed by atoms with Crippen molar-refractivity contribution in [2.24, 2.45) is 11.8 Å². The number of hydrogen-bond donors (Lipinski definition) is 0. The van der Waals surface area contributed by atoms with Crippen molar-refractivity contribution < 1.29 is 0 Å². The van der Waals surface area contributed by atoms with Crippen molar-refractivity contribution in [3.8, 4) is 0 Å². The van der Waals surface area contributed by atoms with Gasteiger partial charge in [-0.15, -0.1) is 11.6 Å². The smallest absolute Gasteiger partial charge is 0.111 e. The molecule has 2 aromatic rings. The van der Waals surface area contributed by atoms with Crippen molar-refractivity contribution in [1.29, 1.82) is 0 Å². The second kappa shape index (κ2) is 5.77. The molecule has 0 saturated heterocycles. The number of halogens is 1. The Bertz CT molecular complexity index is 602. The molecule has 1 aromatic carbocycles. The van der Waals surface area contributed by atoms with Gasteiger partial charge in [0.05, 0.1) is 11.0 Å². The highest BCUT2D eigenvalue weighted by Gasteiger charge is 2.23. The van der Waals surface area contributed by atoms with Crippen molar-refractivity contribution >= 4 is 22.6 Å². The third-order valence-corrected chi connectivity index (χ3v) is 4.81. The van der Waals surface area contributed by atoms with Gasteiger partial charge < -0.3 is 4.57 Å². The maximum atomic E-state index is 5.96. The number of para-hydroxylation sites is 1. The van der Waals surface area contributed by atoms with Gasteiger partial charge in [-0.3, -0.25) is 0 Å². The van der Waals surface area contributed by atoms with Crippen LogP contribution in [-0.4, -0.2) is 15.4 Å². The highest BCUT2D eigenvalue weighted by molar-refractivity contribution is 6.17. The highest BCUT2D eigenvalue weighted by Crippen LogP contribution is 2.33. The van der Waals surface area contributed by atoms with Crippen molar-refractivity contribution in [3.63, 3.8) is 0 Å². The maximum absolute atomic E-state index is 5.96. The molecule has 3 heteroatoms. The Labute approximate surface area is 126 Å². The lowest BCUT2D eigenvalue weighted by molar-refractivity contribution is 0.439. The molecule has 108 valence electrons. The lowest BCUT2D eigenvalue weighted by Gasteiger charge is -2.14. The molecule has 0 aliphatic heterocycles. The lowest BCUT2D eigenvalue weighted by Crippen LogP contribution is -2.11. The zero-order valence-corrected chi connectivity index (χ0v) is 13.2. The zero-order valence-electron chi connectivity index (χ0n) is 12.4. The van der Waals surface area contributed by atoms with Gasteiger partial charge in [-0.1, -0.05) is 25.5 Å². The Kier molecular flexibility index (Phi) is 4.02. The largest absolute Gasteiger partial charge is 0.328 e. The van der Waals surface area contributed by atoms with Gasteiger partial charge in [0.25, 0.3) is 0 Å². The third kappa shape index (κ3) is 2.58. The number of aromatic nitrogens is 2. The fourth-order valence-corrected chi connectivity index (χ4v) is 3.73. The van der Waals surface area contributed by atoms with Crippen molar-refractivity contribution in [2.75, 3.05) is 5.88 Å². The summed E-state index contributed by atoms with van der Waals surface area (Å²) in [6.45, 7) is 5.62. The maximum Gasteiger partial charge on any atom is 0.111 e. The van der Waals surface area contributed by atoms with Crippen molar-refractivity contribution in [3.05, 3.63) is 29.6 Å². The molecule has 0 spiro atoms. The molecule has 0 radical (unpaired) electrons. The van der Waals surface area contributed by atoms with Gasteiger partial charge in [0.15, 0.2) is 0 Å². The molecule has 1 fully saturated rings. The average Bonchev–Trinajstić information content (AvgIpc) is 2.97. The molecule has 1 aliphatic carbocycles. The first-order chi connectivity index (χ1) is 9.69. The van der Waals surface area contributed by atoms with Crippen molar-refractivity contribution in [1.82, 2.24) is 9.55 Å². The molecular formula is C17H23ClN2. The first kappa shape index (κ1) is 13.9. The van der Waals surface area contributed by atoms with Crippen LogP contribution < -0.4 is 0 Å². The minimum absolute atomic E-state index is 0.642. The molecule has 1 heterocycles. The van der Waals surface area contributed by atoms with Gasteiger partial charge in [0.2, 0.25) is 0 Å². The number of fused-ring (bicyclic) bond motifs is 1. The quantitative estimate of drug-likeness (QED) is 0.755. The number of alkyl halides is 1. The number of aryl methyl sites for hydroxylation is 2. The fourth-order valence-electron chi connectivity index (χ4n) is 3.56. The Morgan fingerprint density at radius 1 is 1.35 bits per heavy atom. The Balaban J connectivity index is 1.98. The molecule has 1 saturated carbocycles. The number of imidazole rings is 1. The van der Waals surface area contributed by atoms with E-state index in [4.69, 9.17) is 16.6 Å². The van der Waals surface area contributed by atoms with E-state index < -0.39 is 0 Å². The van der Waals surface area contributed by atoms with Gasteiger partial charge in [-0.05, 0) is 43.2 Å². The Morgan fingerprint density at radius 3 is 2.90 bits per heavy atom. The van der Waals surface area contributed by atoms with Crippen LogP contribution in [0.2, 0.25) is 0 Å². The van der Waals surface area contributed by atoms with E-state index in [9.17, 15) is 0 Å². The van der Waals surface area contributed by atoms with Crippen LogP contribution in [0.15, 0.2) is 18.2 Å². The van der Waals surface area contributed by atoms with E-state index in [0.717, 1.165) is 36.1 Å². The van der Waals surface area contributed by atoms with E-state index in [1.165, 1.54) is 30.3 Å². The van der Waals surface area contributed by atoms with Crippen LogP contribution in [0.5, 0.6) is 0 Å². The molecule has 0 amide bonds. The van der Waals surface area contributed by atoms with Gasteiger partial charge >= 0.3 is 0 Å². The van der Waals surface area contributed by atoms with E-state index >= 15 is 0 Å². The molecule has 0 N–H and O–H groups in total. The standard InChI is InChI=1S/C17H23ClN2/c1-12-6-7-14(10-12)11-20-15-5-3-4-13(2)17(15)19-16(20)8-9-18/h3-5,12,14H,6-11H2,1-2H3. The van der Waals surface area contributed by atoms with Crippen LogP contribution in [0.3, 0.4) is 0 Å². The minimum Gasteiger partial charge on any atom is -0.328 e. The number of nitrogens with zero attached hydrogens (tertiary/aromatic N) is 2. The van der Waals surface area contributed by atoms with E-state index in [1.807, 2.05) is 0 Å². The summed E-state index contributed by atoms with van der Waals surface area (Å²) in [6, 6.07) is 6.48. The molecule has 2 unspecified atom stereocenters. The van der Waals surface area contributed by atoms with E-state index in [0.29, 0.717) is 5.88 Å². The molecule has 0 bridgehead atoms. The molecular weight excluding hydrogens is 268 g/mol. The lowest BCUT2D eigenvalue weighted by atomic mass is 10.1. The number of rotatable bonds is 4. The second-order valence-electron chi connectivity index (χ2n) is 6.30. The highest BCUT2D eigenvalue weighted by atomic mass is 35.5. The van der Waals surface area contributed by atoms with Crippen LogP contribution in [0, 0.1) is 18.8 Å². The number of benzene rings is 1. The van der Waals surface area contributed by atoms with E-state index in [2.05, 4.69) is 36.6 Å². The molecule has 2 nitrogen and oxygen atoms in total. The number of hydrogen-bond acceptors (Lipinski definition) is 1. The van der Waals surface area contributed by atoms with Gasteiger partial charge in [-0.25, -0.2) is 4.98 Å². The summed E-state index contributed by atoms with van der Waals surface area (Å²) < 4.78 is 2.42. The summed E-state index contributed by atoms with van der Waals surface area (Å²) in [7, 11) is 0. The second-order valence-corrected chi connectivity index (χ2v) is 6.68. The summed E-state index contributed by atoms with van der Waals surface area (Å²) in [4.78, 5) is 4.84. The summed E-state index contributed by atoms with van der Waals surface area (Å²) in [5, 5.41) is 0. The molecule has 1 aliphatic rings. The predicted octanol–water partition coefficient (Wildman–Crippen LogP) is 4.56. The minimum atomic E-state index is 0.642. The molecule has 1 aromatic heterocycles. The molecule has 20 heavy (non-hydrogen) atoms. The van der Waals surface area contributed by atoms with Gasteiger partial charge in [-0.2, -0.15) is 0 Å². The van der Waals surface area contributed by atoms with E-state index in [1.54, 1.807) is 0 Å². The van der Waals surface area contributed by atoms with Crippen LogP contribution >= 0.6 is 11.6 Å². The molecule has 2 atom stereocenters. The summed E-state index contributed by atoms with van der Waals surface area (Å²) in [6.07, 6.45) is 4.94. The van der Waals surface area contributed by atoms with Crippen LogP contribution in [-0.2, 0) is 13.0 Å². The summed E-state index contributed by atoms with van der Waals surface area (Å²) >= 11 is 5.96. The first-order valence-electron chi connectivity index (χ1n) is 7.69. The summed E-state index contributed by atoms with van der Waals surface area (Å²) in [5.74, 6) is 3.48. The van der Waals surface area contributed by atoms with Crippen LogP contribution in [0.25, 0.3) is 11.0 Å². The summed E-state index contributed by atoms with van der Waals surface area (Å²) in [5.41, 5.74) is 3.69. The Morgan fingerprint density at radius 2 is 2.20 bits per heavy atom. The topological polar surface area (TPSA) is 17.8 Å². The molecule has 3 rings (SSSR count). The van der Waals surface area contributed by atoms with Crippen LogP contribution in [0.1, 0.15) is 37.6 Å². The fraction of sp³-hybridized carbons (Fsp3) is 0.588. The Hall–Kier alpha value is -1.02. The van der Waals surface area contributed by atoms with Gasteiger partial charge in [0.1, 0.15) is 5.82 Å². The van der Waals surface area contributed by atoms with E-state index in [-0.39, 0.29) is 0 Å². The average molecular weight is 291 g/mol. The van der Waals surface area contributed by atoms with Crippen LogP contribution in [0.4, 0.5) is 0 Å². The normalized spacial score (nSPS) is 22.8. The SMILES string of the molecule is Cc1cccc2c1nc(CCCl)n2CC1CCC(C)C1. The first-order valence-corrected chi connectivity index (χ1v) is 8.23. The zero-order chi connectivity index (χ0) is 14.1. The predicted molar refractivity (Wildman–Crippen MR) is 85.4 cm³/mol.